The Hall–Kier alpha value is -2.03. The van der Waals surface area contributed by atoms with Crippen LogP contribution in [0.25, 0.3) is 0 Å². The van der Waals surface area contributed by atoms with Crippen molar-refractivity contribution in [3.63, 3.8) is 0 Å². The lowest BCUT2D eigenvalue weighted by atomic mass is 10.2. The second-order valence-corrected chi connectivity index (χ2v) is 5.37. The lowest BCUT2D eigenvalue weighted by Gasteiger charge is -2.04. The van der Waals surface area contributed by atoms with Crippen molar-refractivity contribution in [2.24, 2.45) is 5.73 Å². The normalized spacial score (nSPS) is 9.65. The van der Waals surface area contributed by atoms with E-state index >= 15 is 0 Å². The lowest BCUT2D eigenvalue weighted by molar-refractivity contribution is -0.136. The predicted molar refractivity (Wildman–Crippen MR) is 101 cm³/mol. The molecule has 5 N–H and O–H groups in total. The fourth-order valence-electron chi connectivity index (χ4n) is 1.17. The Morgan fingerprint density at radius 1 is 1.19 bits per heavy atom. The van der Waals surface area contributed by atoms with Gasteiger partial charge in [-0.15, -0.1) is 0 Å². The smallest absolute Gasteiger partial charge is 0.426 e. The van der Waals surface area contributed by atoms with E-state index in [9.17, 15) is 14.2 Å². The van der Waals surface area contributed by atoms with Crippen LogP contribution in [0.4, 0.5) is 0 Å². The van der Waals surface area contributed by atoms with E-state index < -0.39 is 7.82 Å². The molecule has 150 valence electrons. The van der Waals surface area contributed by atoms with Gasteiger partial charge in [0.1, 0.15) is 5.76 Å². The first-order chi connectivity index (χ1) is 12.1. The summed E-state index contributed by atoms with van der Waals surface area (Å²) in [7, 11) is -2.88. The number of hydrogen-bond acceptors (Lipinski definition) is 6. The highest BCUT2D eigenvalue weighted by Gasteiger charge is 2.12. The predicted octanol–water partition coefficient (Wildman–Crippen LogP) is 1.56. The summed E-state index contributed by atoms with van der Waals surface area (Å²) in [5.74, 6) is -0.145. The SMILES string of the molecule is C=CC(C=C)=C(/C=C\C)OC(C)=O.CC(=O)NCCOP(=O)(O)O.CN. The van der Waals surface area contributed by atoms with E-state index in [0.29, 0.717) is 11.3 Å². The summed E-state index contributed by atoms with van der Waals surface area (Å²) in [6.45, 7) is 11.6. The first kappa shape index (κ1) is 28.8. The number of esters is 1. The number of carbonyl (C=O) groups is 2. The summed E-state index contributed by atoms with van der Waals surface area (Å²) in [5.41, 5.74) is 5.20. The molecule has 0 aliphatic rings. The third-order valence-corrected chi connectivity index (χ3v) is 2.55. The number of phosphoric acid groups is 1. The van der Waals surface area contributed by atoms with Gasteiger partial charge in [0.25, 0.3) is 0 Å². The van der Waals surface area contributed by atoms with Crippen LogP contribution in [-0.4, -0.2) is 41.9 Å². The number of amides is 1. The molecule has 10 heteroatoms. The van der Waals surface area contributed by atoms with Gasteiger partial charge < -0.3 is 25.6 Å². The minimum atomic E-state index is -4.38. The number of nitrogens with two attached hydrogens (primary N) is 1. The number of nitrogens with one attached hydrogen (secondary N) is 1. The second kappa shape index (κ2) is 17.8. The summed E-state index contributed by atoms with van der Waals surface area (Å²) in [4.78, 5) is 37.2. The zero-order chi connectivity index (χ0) is 21.2. The lowest BCUT2D eigenvalue weighted by Crippen LogP contribution is -2.23. The molecule has 0 aromatic carbocycles. The van der Waals surface area contributed by atoms with Gasteiger partial charge in [-0.3, -0.25) is 14.1 Å². The number of phosphoric ester groups is 1. The minimum Gasteiger partial charge on any atom is -0.426 e. The van der Waals surface area contributed by atoms with E-state index in [1.54, 1.807) is 24.3 Å². The molecule has 0 aliphatic carbocycles. The Balaban J connectivity index is -0.000000375. The Morgan fingerprint density at radius 2 is 1.69 bits per heavy atom. The summed E-state index contributed by atoms with van der Waals surface area (Å²) >= 11 is 0. The zero-order valence-corrected chi connectivity index (χ0v) is 16.5. The number of rotatable bonds is 8. The van der Waals surface area contributed by atoms with E-state index in [1.807, 2.05) is 6.92 Å². The van der Waals surface area contributed by atoms with Gasteiger partial charge in [0, 0.05) is 26.0 Å². The van der Waals surface area contributed by atoms with E-state index in [0.717, 1.165) is 0 Å². The molecule has 0 aromatic heterocycles. The maximum absolute atomic E-state index is 10.7. The number of carbonyl (C=O) groups excluding carboxylic acids is 2. The van der Waals surface area contributed by atoms with Crippen LogP contribution in [-0.2, 0) is 23.4 Å². The highest BCUT2D eigenvalue weighted by Crippen LogP contribution is 2.34. The van der Waals surface area contributed by atoms with E-state index in [2.05, 4.69) is 28.7 Å². The van der Waals surface area contributed by atoms with E-state index in [-0.39, 0.29) is 25.0 Å². The van der Waals surface area contributed by atoms with Gasteiger partial charge in [-0.25, -0.2) is 4.57 Å². The summed E-state index contributed by atoms with van der Waals surface area (Å²) in [6.07, 6.45) is 6.65. The molecule has 26 heavy (non-hydrogen) atoms. The molecule has 0 radical (unpaired) electrons. The molecular formula is C16H29N2O7P. The maximum atomic E-state index is 10.7. The van der Waals surface area contributed by atoms with Crippen LogP contribution >= 0.6 is 7.82 Å². The molecule has 0 rings (SSSR count). The minimum absolute atomic E-state index is 0.0977. The molecule has 1 amide bonds. The standard InChI is InChI=1S/C11H14O2.C4H10NO5P.CH5N/c1-5-8-11(13-9(4)12)10(6-2)7-3;1-4(6)5-2-3-10-11(7,8)9;1-2/h5-8H,2-3H2,1,4H3;2-3H2,1H3,(H,5,6)(H2,7,8,9);2H2,1H3/b8-5-;;. The molecule has 0 aromatic rings. The largest absolute Gasteiger partial charge is 0.469 e. The third kappa shape index (κ3) is 22.0. The van der Waals surface area contributed by atoms with Crippen LogP contribution in [0.2, 0.25) is 0 Å². The van der Waals surface area contributed by atoms with Gasteiger partial charge in [0.05, 0.1) is 6.61 Å². The second-order valence-electron chi connectivity index (χ2n) is 4.13. The van der Waals surface area contributed by atoms with Crippen LogP contribution in [0.1, 0.15) is 20.8 Å². The van der Waals surface area contributed by atoms with Gasteiger partial charge in [0.15, 0.2) is 0 Å². The summed E-state index contributed by atoms with van der Waals surface area (Å²) < 4.78 is 19.0. The van der Waals surface area contributed by atoms with Crippen molar-refractivity contribution >= 4 is 19.7 Å². The highest BCUT2D eigenvalue weighted by molar-refractivity contribution is 7.46. The summed E-state index contributed by atoms with van der Waals surface area (Å²) in [5, 5.41) is 2.31. The fourth-order valence-corrected chi connectivity index (χ4v) is 1.50. The van der Waals surface area contributed by atoms with E-state index in [1.165, 1.54) is 20.9 Å². The Kier molecular flexibility index (Phi) is 19.7. The number of ether oxygens (including phenoxy) is 1. The van der Waals surface area contributed by atoms with Gasteiger partial charge >= 0.3 is 13.8 Å². The highest BCUT2D eigenvalue weighted by atomic mass is 31.2. The van der Waals surface area contributed by atoms with Crippen LogP contribution in [0.5, 0.6) is 0 Å². The fraction of sp³-hybridized carbons (Fsp3) is 0.375. The van der Waals surface area contributed by atoms with Crippen molar-refractivity contribution in [3.8, 4) is 0 Å². The van der Waals surface area contributed by atoms with E-state index in [4.69, 9.17) is 14.5 Å². The van der Waals surface area contributed by atoms with Crippen molar-refractivity contribution < 1.29 is 33.2 Å². The topological polar surface area (TPSA) is 148 Å². The molecule has 0 aliphatic heterocycles. The van der Waals surface area contributed by atoms with Gasteiger partial charge in [0.2, 0.25) is 5.91 Å². The van der Waals surface area contributed by atoms with Crippen LogP contribution < -0.4 is 11.1 Å². The first-order valence-corrected chi connectivity index (χ1v) is 8.92. The molecule has 0 fully saturated rings. The molecule has 0 saturated carbocycles. The van der Waals surface area contributed by atoms with Crippen molar-refractivity contribution in [2.45, 2.75) is 20.8 Å². The molecule has 0 spiro atoms. The quantitative estimate of drug-likeness (QED) is 0.160. The molecule has 0 saturated heterocycles. The molecule has 0 heterocycles. The molecule has 9 nitrogen and oxygen atoms in total. The zero-order valence-electron chi connectivity index (χ0n) is 15.6. The summed E-state index contributed by atoms with van der Waals surface area (Å²) in [6, 6.07) is 0. The Bertz CT molecular complexity index is 541. The van der Waals surface area contributed by atoms with Crippen LogP contribution in [0, 0.1) is 0 Å². The van der Waals surface area contributed by atoms with Gasteiger partial charge in [-0.1, -0.05) is 31.4 Å². The van der Waals surface area contributed by atoms with Crippen LogP contribution in [0.15, 0.2) is 48.8 Å². The Labute approximate surface area is 154 Å². The Morgan fingerprint density at radius 3 is 2.00 bits per heavy atom. The maximum Gasteiger partial charge on any atom is 0.469 e. The molecule has 0 unspecified atom stereocenters. The van der Waals surface area contributed by atoms with Crippen molar-refractivity contribution in [2.75, 3.05) is 20.2 Å². The van der Waals surface area contributed by atoms with Crippen molar-refractivity contribution in [1.82, 2.24) is 5.32 Å². The average molecular weight is 392 g/mol. The van der Waals surface area contributed by atoms with Gasteiger partial charge in [-0.2, -0.15) is 0 Å². The molecule has 0 bridgehead atoms. The average Bonchev–Trinajstić information content (AvgIpc) is 2.54. The first-order valence-electron chi connectivity index (χ1n) is 7.39. The van der Waals surface area contributed by atoms with Crippen molar-refractivity contribution in [3.05, 3.63) is 48.8 Å². The van der Waals surface area contributed by atoms with Gasteiger partial charge in [-0.05, 0) is 20.0 Å². The van der Waals surface area contributed by atoms with Crippen LogP contribution in [0.3, 0.4) is 0 Å². The number of hydrogen-bond donors (Lipinski definition) is 4. The van der Waals surface area contributed by atoms with Crippen molar-refractivity contribution in [1.29, 1.82) is 0 Å². The monoisotopic (exact) mass is 392 g/mol. The number of allylic oxidation sites excluding steroid dienone is 5. The molecular weight excluding hydrogens is 363 g/mol. The molecule has 0 atom stereocenters. The third-order valence-electron chi connectivity index (χ3n) is 2.03.